The molecule has 0 aromatic carbocycles. The van der Waals surface area contributed by atoms with Crippen molar-refractivity contribution in [3.05, 3.63) is 12.2 Å². The van der Waals surface area contributed by atoms with Crippen LogP contribution in [0.25, 0.3) is 0 Å². The summed E-state index contributed by atoms with van der Waals surface area (Å²) in [6.45, 7) is 15.5. The Morgan fingerprint density at radius 1 is 1.00 bits per heavy atom. The maximum absolute atomic E-state index is 5.06. The van der Waals surface area contributed by atoms with Crippen molar-refractivity contribution in [3.8, 4) is 0 Å². The van der Waals surface area contributed by atoms with Gasteiger partial charge in [-0.05, 0) is 25.7 Å². The van der Waals surface area contributed by atoms with Gasteiger partial charge in [0.05, 0.1) is 7.11 Å². The molecule has 2 nitrogen and oxygen atoms in total. The first-order chi connectivity index (χ1) is 7.02. The SMILES string of the molecule is CONC(C)(C)C(C)(C)/C=C\CC(C)(C)C. The second-order valence-electron chi connectivity index (χ2n) is 6.82. The van der Waals surface area contributed by atoms with E-state index in [0.29, 0.717) is 5.41 Å². The molecule has 0 bridgehead atoms. The monoisotopic (exact) mass is 227 g/mol. The molecule has 0 rings (SSSR count). The van der Waals surface area contributed by atoms with Crippen LogP contribution >= 0.6 is 0 Å². The molecule has 0 radical (unpaired) electrons. The third-order valence-corrected chi connectivity index (χ3v) is 3.23. The Balaban J connectivity index is 4.56. The minimum atomic E-state index is -0.0872. The molecule has 0 aliphatic carbocycles. The van der Waals surface area contributed by atoms with Gasteiger partial charge in [-0.25, -0.2) is 0 Å². The zero-order chi connectivity index (χ0) is 13.0. The van der Waals surface area contributed by atoms with Crippen molar-refractivity contribution in [1.29, 1.82) is 0 Å². The molecule has 96 valence electrons. The van der Waals surface area contributed by atoms with Crippen molar-refractivity contribution < 1.29 is 4.84 Å². The molecular formula is C14H29NO. The van der Waals surface area contributed by atoms with E-state index in [1.807, 2.05) is 0 Å². The fraction of sp³-hybridized carbons (Fsp3) is 0.857. The van der Waals surface area contributed by atoms with Crippen molar-refractivity contribution in [2.24, 2.45) is 10.8 Å². The van der Waals surface area contributed by atoms with Crippen LogP contribution in [0.4, 0.5) is 0 Å². The van der Waals surface area contributed by atoms with Gasteiger partial charge >= 0.3 is 0 Å². The summed E-state index contributed by atoms with van der Waals surface area (Å²) in [6.07, 6.45) is 5.66. The lowest BCUT2D eigenvalue weighted by atomic mass is 9.74. The second-order valence-corrected chi connectivity index (χ2v) is 6.82. The molecule has 0 aliphatic rings. The largest absolute Gasteiger partial charge is 0.305 e. The van der Waals surface area contributed by atoms with Crippen LogP contribution in [0.5, 0.6) is 0 Å². The van der Waals surface area contributed by atoms with Gasteiger partial charge in [0.15, 0.2) is 0 Å². The number of rotatable bonds is 5. The Kier molecular flexibility index (Phi) is 5.21. The quantitative estimate of drug-likeness (QED) is 0.567. The minimum absolute atomic E-state index is 0.0499. The third kappa shape index (κ3) is 5.13. The lowest BCUT2D eigenvalue weighted by Crippen LogP contribution is -2.49. The molecule has 0 fully saturated rings. The van der Waals surface area contributed by atoms with E-state index < -0.39 is 0 Å². The lowest BCUT2D eigenvalue weighted by Gasteiger charge is -2.39. The molecule has 0 atom stereocenters. The molecule has 0 aromatic rings. The average molecular weight is 227 g/mol. The fourth-order valence-corrected chi connectivity index (χ4v) is 1.30. The highest BCUT2D eigenvalue weighted by molar-refractivity contribution is 5.06. The number of hydrogen-bond acceptors (Lipinski definition) is 2. The molecule has 0 aromatic heterocycles. The molecule has 0 saturated heterocycles. The van der Waals surface area contributed by atoms with Gasteiger partial charge in [-0.15, -0.1) is 0 Å². The van der Waals surface area contributed by atoms with Crippen molar-refractivity contribution >= 4 is 0 Å². The Morgan fingerprint density at radius 3 is 1.88 bits per heavy atom. The first-order valence-electron chi connectivity index (χ1n) is 6.00. The van der Waals surface area contributed by atoms with Crippen LogP contribution in [0.2, 0.25) is 0 Å². The summed E-state index contributed by atoms with van der Waals surface area (Å²) < 4.78 is 0. The van der Waals surface area contributed by atoms with Crippen LogP contribution in [0.1, 0.15) is 54.9 Å². The highest BCUT2D eigenvalue weighted by atomic mass is 16.6. The van der Waals surface area contributed by atoms with Crippen LogP contribution in [0.3, 0.4) is 0 Å². The van der Waals surface area contributed by atoms with E-state index >= 15 is 0 Å². The van der Waals surface area contributed by atoms with Crippen LogP contribution < -0.4 is 5.48 Å². The van der Waals surface area contributed by atoms with E-state index in [9.17, 15) is 0 Å². The highest BCUT2D eigenvalue weighted by Crippen LogP contribution is 2.32. The maximum Gasteiger partial charge on any atom is 0.0572 e. The van der Waals surface area contributed by atoms with E-state index in [1.54, 1.807) is 7.11 Å². The maximum atomic E-state index is 5.06. The normalized spacial score (nSPS) is 14.8. The summed E-state index contributed by atoms with van der Waals surface area (Å²) in [6, 6.07) is 0. The first-order valence-corrected chi connectivity index (χ1v) is 6.00. The molecule has 0 heterocycles. The van der Waals surface area contributed by atoms with Crippen molar-refractivity contribution in [3.63, 3.8) is 0 Å². The van der Waals surface area contributed by atoms with Gasteiger partial charge in [-0.2, -0.15) is 5.48 Å². The van der Waals surface area contributed by atoms with Crippen molar-refractivity contribution in [1.82, 2.24) is 5.48 Å². The third-order valence-electron chi connectivity index (χ3n) is 3.23. The van der Waals surface area contributed by atoms with Gasteiger partial charge in [0, 0.05) is 11.0 Å². The number of hydrogen-bond donors (Lipinski definition) is 1. The Bertz CT molecular complexity index is 234. The second kappa shape index (κ2) is 5.33. The van der Waals surface area contributed by atoms with Gasteiger partial charge in [0.1, 0.15) is 0 Å². The van der Waals surface area contributed by atoms with E-state index in [-0.39, 0.29) is 11.0 Å². The summed E-state index contributed by atoms with van der Waals surface area (Å²) in [5, 5.41) is 0. The molecule has 16 heavy (non-hydrogen) atoms. The van der Waals surface area contributed by atoms with Gasteiger partial charge in [-0.3, -0.25) is 0 Å². The van der Waals surface area contributed by atoms with Crippen LogP contribution in [0, 0.1) is 10.8 Å². The molecule has 1 N–H and O–H groups in total. The van der Waals surface area contributed by atoms with Crippen LogP contribution in [-0.4, -0.2) is 12.6 Å². The standard InChI is InChI=1S/C14H29NO/c1-12(2,3)10-9-11-13(4,5)14(6,7)15-16-8/h9,11,15H,10H2,1-8H3/b11-9-. The summed E-state index contributed by atoms with van der Waals surface area (Å²) in [7, 11) is 1.66. The van der Waals surface area contributed by atoms with Gasteiger partial charge in [-0.1, -0.05) is 46.8 Å². The number of nitrogens with one attached hydrogen (secondary N) is 1. The van der Waals surface area contributed by atoms with Gasteiger partial charge < -0.3 is 4.84 Å². The topological polar surface area (TPSA) is 21.3 Å². The number of allylic oxidation sites excluding steroid dienone is 1. The molecule has 0 saturated carbocycles. The van der Waals surface area contributed by atoms with Crippen LogP contribution in [-0.2, 0) is 4.84 Å². The summed E-state index contributed by atoms with van der Waals surface area (Å²) in [4.78, 5) is 5.06. The minimum Gasteiger partial charge on any atom is -0.305 e. The van der Waals surface area contributed by atoms with Crippen LogP contribution in [0.15, 0.2) is 12.2 Å². The molecule has 0 unspecified atom stereocenters. The zero-order valence-corrected chi connectivity index (χ0v) is 12.3. The predicted octanol–water partition coefficient (Wildman–Crippen LogP) is 3.93. The zero-order valence-electron chi connectivity index (χ0n) is 12.3. The highest BCUT2D eigenvalue weighted by Gasteiger charge is 2.34. The molecule has 0 spiro atoms. The first kappa shape index (κ1) is 15.7. The fourth-order valence-electron chi connectivity index (χ4n) is 1.30. The van der Waals surface area contributed by atoms with Gasteiger partial charge in [0.2, 0.25) is 0 Å². The van der Waals surface area contributed by atoms with Crippen molar-refractivity contribution in [2.75, 3.05) is 7.11 Å². The molecule has 0 amide bonds. The summed E-state index contributed by atoms with van der Waals surface area (Å²) in [5.41, 5.74) is 3.37. The summed E-state index contributed by atoms with van der Waals surface area (Å²) >= 11 is 0. The van der Waals surface area contributed by atoms with Gasteiger partial charge in [0.25, 0.3) is 0 Å². The Labute approximate surface area is 101 Å². The van der Waals surface area contributed by atoms with E-state index in [0.717, 1.165) is 6.42 Å². The van der Waals surface area contributed by atoms with E-state index in [2.05, 4.69) is 66.1 Å². The Morgan fingerprint density at radius 2 is 1.50 bits per heavy atom. The molecule has 2 heteroatoms. The van der Waals surface area contributed by atoms with Crippen molar-refractivity contribution in [2.45, 2.75) is 60.4 Å². The lowest BCUT2D eigenvalue weighted by molar-refractivity contribution is -0.0117. The average Bonchev–Trinajstić information content (AvgIpc) is 2.00. The molecular weight excluding hydrogens is 198 g/mol. The smallest absolute Gasteiger partial charge is 0.0572 e. The predicted molar refractivity (Wildman–Crippen MR) is 71.2 cm³/mol. The van der Waals surface area contributed by atoms with E-state index in [1.165, 1.54) is 0 Å². The molecule has 0 aliphatic heterocycles. The Hall–Kier alpha value is -0.340. The summed E-state index contributed by atoms with van der Waals surface area (Å²) in [5.74, 6) is 0. The number of hydroxylamine groups is 1. The van der Waals surface area contributed by atoms with E-state index in [4.69, 9.17) is 4.84 Å².